The van der Waals surface area contributed by atoms with Gasteiger partial charge in [-0.15, -0.1) is 0 Å². The van der Waals surface area contributed by atoms with Crippen LogP contribution >= 0.6 is 0 Å². The molecule has 1 aromatic carbocycles. The third-order valence-corrected chi connectivity index (χ3v) is 2.13. The molecule has 0 heterocycles. The summed E-state index contributed by atoms with van der Waals surface area (Å²) in [5.74, 6) is -0.870. The summed E-state index contributed by atoms with van der Waals surface area (Å²) in [6.45, 7) is 3.73. The molecule has 88 valence electrons. The lowest BCUT2D eigenvalue weighted by atomic mass is 10.1. The molecule has 0 fully saturated rings. The Bertz CT molecular complexity index is 481. The predicted octanol–water partition coefficient (Wildman–Crippen LogP) is 4.16. The SMILES string of the molecule is C\C=C/C=C\C(F)=C\C(=O)c1cccc(C)c1. The maximum Gasteiger partial charge on any atom is 0.188 e. The Kier molecular flexibility index (Phi) is 5.08. The number of hydrogen-bond acceptors (Lipinski definition) is 1. The van der Waals surface area contributed by atoms with Crippen molar-refractivity contribution in [3.63, 3.8) is 0 Å². The van der Waals surface area contributed by atoms with Gasteiger partial charge in [0.15, 0.2) is 5.78 Å². The lowest BCUT2D eigenvalue weighted by molar-refractivity contribution is 0.104. The molecule has 17 heavy (non-hydrogen) atoms. The summed E-state index contributed by atoms with van der Waals surface area (Å²) in [5.41, 5.74) is 1.48. The summed E-state index contributed by atoms with van der Waals surface area (Å²) in [4.78, 5) is 11.7. The van der Waals surface area contributed by atoms with Crippen LogP contribution in [0.2, 0.25) is 0 Å². The number of rotatable bonds is 4. The van der Waals surface area contributed by atoms with Gasteiger partial charge in [-0.2, -0.15) is 0 Å². The van der Waals surface area contributed by atoms with Crippen molar-refractivity contribution < 1.29 is 9.18 Å². The first kappa shape index (κ1) is 13.1. The Morgan fingerprint density at radius 3 is 2.71 bits per heavy atom. The van der Waals surface area contributed by atoms with E-state index in [0.29, 0.717) is 5.56 Å². The van der Waals surface area contributed by atoms with Crippen molar-refractivity contribution in [1.82, 2.24) is 0 Å². The van der Waals surface area contributed by atoms with Gasteiger partial charge in [0, 0.05) is 11.6 Å². The Balaban J connectivity index is 2.81. The molecule has 0 aliphatic rings. The largest absolute Gasteiger partial charge is 0.289 e. The Morgan fingerprint density at radius 1 is 1.29 bits per heavy atom. The molecule has 0 unspecified atom stereocenters. The summed E-state index contributed by atoms with van der Waals surface area (Å²) in [5, 5.41) is 0. The van der Waals surface area contributed by atoms with E-state index in [2.05, 4.69) is 0 Å². The van der Waals surface area contributed by atoms with E-state index in [4.69, 9.17) is 0 Å². The van der Waals surface area contributed by atoms with E-state index in [1.54, 1.807) is 36.4 Å². The van der Waals surface area contributed by atoms with Gasteiger partial charge in [-0.25, -0.2) is 4.39 Å². The van der Waals surface area contributed by atoms with Crippen molar-refractivity contribution in [2.75, 3.05) is 0 Å². The summed E-state index contributed by atoms with van der Waals surface area (Å²) in [6.07, 6.45) is 7.29. The first-order valence-corrected chi connectivity index (χ1v) is 5.41. The zero-order valence-electron chi connectivity index (χ0n) is 9.98. The molecule has 0 saturated heterocycles. The zero-order chi connectivity index (χ0) is 12.7. The minimum atomic E-state index is -0.547. The van der Waals surface area contributed by atoms with Gasteiger partial charge in [-0.05, 0) is 26.0 Å². The Labute approximate surface area is 101 Å². The average Bonchev–Trinajstić information content (AvgIpc) is 2.29. The van der Waals surface area contributed by atoms with Crippen molar-refractivity contribution in [2.45, 2.75) is 13.8 Å². The number of allylic oxidation sites excluding steroid dienone is 6. The minimum absolute atomic E-state index is 0.323. The number of carbonyl (C=O) groups is 1. The Morgan fingerprint density at radius 2 is 2.06 bits per heavy atom. The molecule has 0 saturated carbocycles. The molecule has 0 amide bonds. The van der Waals surface area contributed by atoms with Crippen LogP contribution in [0.3, 0.4) is 0 Å². The third kappa shape index (κ3) is 4.60. The number of ketones is 1. The zero-order valence-corrected chi connectivity index (χ0v) is 9.98. The first-order chi connectivity index (χ1) is 8.13. The molecule has 2 heteroatoms. The second kappa shape index (κ2) is 6.59. The lowest BCUT2D eigenvalue weighted by Crippen LogP contribution is -1.95. The van der Waals surface area contributed by atoms with Crippen LogP contribution in [0, 0.1) is 6.92 Å². The number of hydrogen-bond donors (Lipinski definition) is 0. The third-order valence-electron chi connectivity index (χ3n) is 2.13. The maximum atomic E-state index is 13.3. The van der Waals surface area contributed by atoms with Crippen LogP contribution in [-0.4, -0.2) is 5.78 Å². The lowest BCUT2D eigenvalue weighted by Gasteiger charge is -1.97. The van der Waals surface area contributed by atoms with Crippen LogP contribution in [0.1, 0.15) is 22.8 Å². The van der Waals surface area contributed by atoms with Crippen LogP contribution < -0.4 is 0 Å². The van der Waals surface area contributed by atoms with Crippen LogP contribution in [0.25, 0.3) is 0 Å². The molecule has 0 aliphatic carbocycles. The van der Waals surface area contributed by atoms with Crippen LogP contribution in [0.5, 0.6) is 0 Å². The molecular formula is C15H15FO. The molecule has 1 nitrogen and oxygen atoms in total. The summed E-state index contributed by atoms with van der Waals surface area (Å²) in [7, 11) is 0. The highest BCUT2D eigenvalue weighted by Gasteiger charge is 2.03. The van der Waals surface area contributed by atoms with Gasteiger partial charge < -0.3 is 0 Å². The fraction of sp³-hybridized carbons (Fsp3) is 0.133. The molecule has 0 N–H and O–H groups in total. The maximum absolute atomic E-state index is 13.3. The van der Waals surface area contributed by atoms with E-state index >= 15 is 0 Å². The summed E-state index contributed by atoms with van der Waals surface area (Å²) >= 11 is 0. The standard InChI is InChI=1S/C15H15FO/c1-3-4-5-9-14(16)11-15(17)13-8-6-7-12(2)10-13/h3-11H,1-2H3/b4-3-,9-5-,14-11-. The monoisotopic (exact) mass is 230 g/mol. The predicted molar refractivity (Wildman–Crippen MR) is 68.7 cm³/mol. The van der Waals surface area contributed by atoms with Gasteiger partial charge in [-0.1, -0.05) is 42.0 Å². The van der Waals surface area contributed by atoms with Crippen molar-refractivity contribution in [3.8, 4) is 0 Å². The fourth-order valence-electron chi connectivity index (χ4n) is 1.31. The average molecular weight is 230 g/mol. The first-order valence-electron chi connectivity index (χ1n) is 5.41. The van der Waals surface area contributed by atoms with E-state index in [-0.39, 0.29) is 5.78 Å². The molecule has 0 radical (unpaired) electrons. The van der Waals surface area contributed by atoms with E-state index in [1.807, 2.05) is 19.9 Å². The molecular weight excluding hydrogens is 215 g/mol. The van der Waals surface area contributed by atoms with Crippen molar-refractivity contribution >= 4 is 5.78 Å². The molecule has 0 atom stereocenters. The van der Waals surface area contributed by atoms with Crippen molar-refractivity contribution in [3.05, 3.63) is 71.6 Å². The Hall–Kier alpha value is -1.96. The summed E-state index contributed by atoms with van der Waals surface area (Å²) < 4.78 is 13.3. The molecule has 0 spiro atoms. The van der Waals surface area contributed by atoms with Gasteiger partial charge >= 0.3 is 0 Å². The van der Waals surface area contributed by atoms with Crippen LogP contribution in [0.15, 0.2) is 60.5 Å². The molecule has 1 aromatic rings. The van der Waals surface area contributed by atoms with E-state index in [0.717, 1.165) is 11.6 Å². The van der Waals surface area contributed by atoms with E-state index in [1.165, 1.54) is 6.08 Å². The smallest absolute Gasteiger partial charge is 0.188 e. The molecule has 1 rings (SSSR count). The number of aryl methyl sites for hydroxylation is 1. The highest BCUT2D eigenvalue weighted by molar-refractivity contribution is 6.05. The second-order valence-electron chi connectivity index (χ2n) is 3.65. The highest BCUT2D eigenvalue weighted by Crippen LogP contribution is 2.08. The van der Waals surface area contributed by atoms with Crippen LogP contribution in [0.4, 0.5) is 4.39 Å². The number of halogens is 1. The normalized spacial score (nSPS) is 12.5. The van der Waals surface area contributed by atoms with E-state index in [9.17, 15) is 9.18 Å². The topological polar surface area (TPSA) is 17.1 Å². The van der Waals surface area contributed by atoms with Gasteiger partial charge in [0.1, 0.15) is 5.83 Å². The second-order valence-corrected chi connectivity index (χ2v) is 3.65. The van der Waals surface area contributed by atoms with E-state index < -0.39 is 5.83 Å². The van der Waals surface area contributed by atoms with Crippen molar-refractivity contribution in [1.29, 1.82) is 0 Å². The molecule has 0 bridgehead atoms. The summed E-state index contributed by atoms with van der Waals surface area (Å²) in [6, 6.07) is 7.09. The molecule has 0 aliphatic heterocycles. The fourth-order valence-corrected chi connectivity index (χ4v) is 1.31. The highest BCUT2D eigenvalue weighted by atomic mass is 19.1. The minimum Gasteiger partial charge on any atom is -0.289 e. The van der Waals surface area contributed by atoms with Gasteiger partial charge in [-0.3, -0.25) is 4.79 Å². The number of carbonyl (C=O) groups excluding carboxylic acids is 1. The molecule has 0 aromatic heterocycles. The van der Waals surface area contributed by atoms with Gasteiger partial charge in [0.2, 0.25) is 0 Å². The van der Waals surface area contributed by atoms with Crippen molar-refractivity contribution in [2.24, 2.45) is 0 Å². The van der Waals surface area contributed by atoms with Gasteiger partial charge in [0.25, 0.3) is 0 Å². The van der Waals surface area contributed by atoms with Gasteiger partial charge in [0.05, 0.1) is 0 Å². The number of benzene rings is 1. The quantitative estimate of drug-likeness (QED) is 0.431. The van der Waals surface area contributed by atoms with Crippen LogP contribution in [-0.2, 0) is 0 Å².